The number of anilines is 2. The van der Waals surface area contributed by atoms with Gasteiger partial charge in [0.25, 0.3) is 11.8 Å². The van der Waals surface area contributed by atoms with Crippen LogP contribution in [0.25, 0.3) is 10.8 Å². The minimum absolute atomic E-state index is 0.272. The second kappa shape index (κ2) is 17.2. The Hall–Kier alpha value is -3.36. The molecule has 8 heteroatoms. The third kappa shape index (κ3) is 9.32. The van der Waals surface area contributed by atoms with Crippen molar-refractivity contribution < 1.29 is 19.1 Å². The second-order valence-electron chi connectivity index (χ2n) is 10.7. The van der Waals surface area contributed by atoms with E-state index in [4.69, 9.17) is 9.47 Å². The van der Waals surface area contributed by atoms with Crippen LogP contribution in [0.15, 0.2) is 81.7 Å². The Bertz CT molecular complexity index is 1460. The van der Waals surface area contributed by atoms with Crippen molar-refractivity contribution in [3.63, 3.8) is 0 Å². The molecule has 0 unspecified atom stereocenters. The van der Waals surface area contributed by atoms with Crippen molar-refractivity contribution in [1.29, 1.82) is 0 Å². The summed E-state index contributed by atoms with van der Waals surface area (Å²) in [6, 6.07) is 22.2. The molecule has 232 valence electrons. The topological polar surface area (TPSA) is 76.7 Å². The first-order chi connectivity index (χ1) is 21.4. The molecule has 0 aliphatic heterocycles. The van der Waals surface area contributed by atoms with Gasteiger partial charge in [0.05, 0.1) is 24.3 Å². The fraction of sp³-hybridized carbons (Fsp3) is 0.333. The molecule has 0 bridgehead atoms. The van der Waals surface area contributed by atoms with E-state index in [2.05, 4.69) is 56.3 Å². The van der Waals surface area contributed by atoms with Gasteiger partial charge in [-0.05, 0) is 61.4 Å². The normalized spacial score (nSPS) is 10.9. The number of halogens is 2. The summed E-state index contributed by atoms with van der Waals surface area (Å²) in [5, 5.41) is 7.74. The van der Waals surface area contributed by atoms with E-state index in [0.717, 1.165) is 71.1 Å². The lowest BCUT2D eigenvalue weighted by Crippen LogP contribution is -2.15. The summed E-state index contributed by atoms with van der Waals surface area (Å²) in [4.78, 5) is 27.1. The van der Waals surface area contributed by atoms with Gasteiger partial charge in [0.2, 0.25) is 0 Å². The predicted molar refractivity (Wildman–Crippen MR) is 187 cm³/mol. The van der Waals surface area contributed by atoms with E-state index >= 15 is 0 Å². The number of benzene rings is 4. The van der Waals surface area contributed by atoms with E-state index in [9.17, 15) is 9.59 Å². The largest absolute Gasteiger partial charge is 0.493 e. The quantitative estimate of drug-likeness (QED) is 0.113. The maximum Gasteiger partial charge on any atom is 0.259 e. The molecule has 0 radical (unpaired) electrons. The van der Waals surface area contributed by atoms with Crippen LogP contribution in [0, 0.1) is 0 Å². The van der Waals surface area contributed by atoms with E-state index in [1.54, 1.807) is 12.1 Å². The van der Waals surface area contributed by atoms with Crippen LogP contribution >= 0.6 is 31.9 Å². The molecular formula is C36H40Br2N2O4. The maximum atomic E-state index is 13.5. The van der Waals surface area contributed by atoms with Crippen LogP contribution in [0.2, 0.25) is 0 Å². The van der Waals surface area contributed by atoms with E-state index in [1.165, 1.54) is 0 Å². The first kappa shape index (κ1) is 33.5. The number of fused-ring (bicyclic) bond motifs is 1. The van der Waals surface area contributed by atoms with Gasteiger partial charge in [0.1, 0.15) is 11.5 Å². The van der Waals surface area contributed by atoms with Gasteiger partial charge < -0.3 is 20.1 Å². The highest BCUT2D eigenvalue weighted by atomic mass is 79.9. The second-order valence-corrected chi connectivity index (χ2v) is 12.5. The molecule has 0 heterocycles. The summed E-state index contributed by atoms with van der Waals surface area (Å²) < 4.78 is 13.6. The number of ether oxygens (including phenoxy) is 2. The van der Waals surface area contributed by atoms with Crippen molar-refractivity contribution in [2.45, 2.75) is 65.2 Å². The standard InChI is InChI=1S/C36H40Br2N2O4/c1-3-5-7-9-21-43-33-19-17-25(37)23-29(33)35(41)39-31-15-11-14-28-27(31)13-12-16-32(28)40-36(42)30-24-26(38)18-20-34(30)44-22-10-8-6-4-2/h11-20,23-24H,3-10,21-22H2,1-2H3,(H,39,41)(H,40,42). The fourth-order valence-corrected chi connectivity index (χ4v) is 5.66. The molecule has 0 spiro atoms. The lowest BCUT2D eigenvalue weighted by molar-refractivity contribution is 0.101. The zero-order valence-corrected chi connectivity index (χ0v) is 28.6. The molecule has 0 aliphatic rings. The Labute approximate surface area is 277 Å². The summed E-state index contributed by atoms with van der Waals surface area (Å²) in [6.45, 7) is 5.46. The first-order valence-corrected chi connectivity index (χ1v) is 17.0. The zero-order valence-electron chi connectivity index (χ0n) is 25.4. The van der Waals surface area contributed by atoms with Crippen molar-refractivity contribution in [2.24, 2.45) is 0 Å². The third-order valence-electron chi connectivity index (χ3n) is 7.30. The van der Waals surface area contributed by atoms with Gasteiger partial charge in [-0.1, -0.05) is 108 Å². The van der Waals surface area contributed by atoms with Crippen molar-refractivity contribution in [1.82, 2.24) is 0 Å². The highest BCUT2D eigenvalue weighted by molar-refractivity contribution is 9.10. The number of rotatable bonds is 16. The number of hydrogen-bond donors (Lipinski definition) is 2. The Morgan fingerprint density at radius 1 is 0.591 bits per heavy atom. The minimum Gasteiger partial charge on any atom is -0.493 e. The SMILES string of the molecule is CCCCCCOc1ccc(Br)cc1C(=O)Nc1cccc2c(NC(=O)c3cc(Br)ccc3OCCCCCC)cccc12. The average Bonchev–Trinajstić information content (AvgIpc) is 3.02. The lowest BCUT2D eigenvalue weighted by Gasteiger charge is -2.16. The molecule has 44 heavy (non-hydrogen) atoms. The molecule has 0 atom stereocenters. The smallest absolute Gasteiger partial charge is 0.259 e. The highest BCUT2D eigenvalue weighted by Crippen LogP contribution is 2.32. The predicted octanol–water partition coefficient (Wildman–Crippen LogP) is 10.8. The Morgan fingerprint density at radius 3 is 1.43 bits per heavy atom. The molecule has 0 aliphatic carbocycles. The molecule has 4 aromatic carbocycles. The molecule has 2 N–H and O–H groups in total. The summed E-state index contributed by atoms with van der Waals surface area (Å²) in [5.74, 6) is 0.555. The third-order valence-corrected chi connectivity index (χ3v) is 8.29. The van der Waals surface area contributed by atoms with Crippen LogP contribution in [0.5, 0.6) is 11.5 Å². The number of carbonyl (C=O) groups is 2. The average molecular weight is 725 g/mol. The first-order valence-electron chi connectivity index (χ1n) is 15.4. The van der Waals surface area contributed by atoms with E-state index in [0.29, 0.717) is 47.2 Å². The van der Waals surface area contributed by atoms with Crippen molar-refractivity contribution in [3.05, 3.63) is 92.9 Å². The van der Waals surface area contributed by atoms with E-state index in [-0.39, 0.29) is 11.8 Å². The zero-order chi connectivity index (χ0) is 31.3. The number of carbonyl (C=O) groups excluding carboxylic acids is 2. The molecule has 2 amide bonds. The molecule has 4 aromatic rings. The van der Waals surface area contributed by atoms with Crippen LogP contribution in [0.3, 0.4) is 0 Å². The van der Waals surface area contributed by atoms with Gasteiger partial charge >= 0.3 is 0 Å². The Balaban J connectivity index is 1.53. The number of amides is 2. The monoisotopic (exact) mass is 722 g/mol. The molecule has 0 saturated carbocycles. The van der Waals surface area contributed by atoms with Gasteiger partial charge in [0.15, 0.2) is 0 Å². The van der Waals surface area contributed by atoms with Crippen LogP contribution < -0.4 is 20.1 Å². The molecule has 0 fully saturated rings. The fourth-order valence-electron chi connectivity index (χ4n) is 4.94. The molecule has 6 nitrogen and oxygen atoms in total. The van der Waals surface area contributed by atoms with Gasteiger partial charge in [-0.3, -0.25) is 9.59 Å². The van der Waals surface area contributed by atoms with Crippen LogP contribution in [-0.4, -0.2) is 25.0 Å². The Morgan fingerprint density at radius 2 is 1.02 bits per heavy atom. The van der Waals surface area contributed by atoms with Crippen molar-refractivity contribution >= 4 is 65.8 Å². The minimum atomic E-state index is -0.272. The lowest BCUT2D eigenvalue weighted by atomic mass is 10.1. The van der Waals surface area contributed by atoms with Crippen molar-refractivity contribution in [3.8, 4) is 11.5 Å². The highest BCUT2D eigenvalue weighted by Gasteiger charge is 2.18. The van der Waals surface area contributed by atoms with Gasteiger partial charge in [-0.25, -0.2) is 0 Å². The maximum absolute atomic E-state index is 13.5. The van der Waals surface area contributed by atoms with Crippen LogP contribution in [0.4, 0.5) is 11.4 Å². The van der Waals surface area contributed by atoms with Gasteiger partial charge in [0, 0.05) is 31.1 Å². The van der Waals surface area contributed by atoms with E-state index in [1.807, 2.05) is 60.7 Å². The number of hydrogen-bond acceptors (Lipinski definition) is 4. The van der Waals surface area contributed by atoms with Crippen LogP contribution in [0.1, 0.15) is 85.9 Å². The van der Waals surface area contributed by atoms with Crippen molar-refractivity contribution in [2.75, 3.05) is 23.8 Å². The Kier molecular flexibility index (Phi) is 13.1. The molecule has 4 rings (SSSR count). The summed E-state index contributed by atoms with van der Waals surface area (Å²) in [7, 11) is 0. The summed E-state index contributed by atoms with van der Waals surface area (Å²) in [6.07, 6.45) is 8.71. The molecule has 0 saturated heterocycles. The van der Waals surface area contributed by atoms with Crippen LogP contribution in [-0.2, 0) is 0 Å². The summed E-state index contributed by atoms with van der Waals surface area (Å²) >= 11 is 6.98. The number of nitrogens with one attached hydrogen (secondary N) is 2. The van der Waals surface area contributed by atoms with E-state index < -0.39 is 0 Å². The molecular weight excluding hydrogens is 684 g/mol. The number of unbranched alkanes of at least 4 members (excludes halogenated alkanes) is 6. The molecule has 0 aromatic heterocycles. The van der Waals surface area contributed by atoms with Gasteiger partial charge in [-0.2, -0.15) is 0 Å². The summed E-state index contributed by atoms with van der Waals surface area (Å²) in [5.41, 5.74) is 2.17. The van der Waals surface area contributed by atoms with Gasteiger partial charge in [-0.15, -0.1) is 0 Å².